The number of carbonyl (C=O) groups is 1. The van der Waals surface area contributed by atoms with Gasteiger partial charge in [0.1, 0.15) is 6.04 Å². The van der Waals surface area contributed by atoms with Crippen molar-refractivity contribution in [2.45, 2.75) is 26.0 Å². The van der Waals surface area contributed by atoms with Crippen molar-refractivity contribution in [2.75, 3.05) is 19.8 Å². The van der Waals surface area contributed by atoms with Crippen LogP contribution in [-0.4, -0.2) is 37.9 Å². The van der Waals surface area contributed by atoms with Gasteiger partial charge in [-0.3, -0.25) is 4.79 Å². The minimum atomic E-state index is -0.277. The van der Waals surface area contributed by atoms with Gasteiger partial charge in [0.2, 0.25) is 0 Å². The van der Waals surface area contributed by atoms with Crippen LogP contribution in [0.15, 0.2) is 0 Å². The lowest BCUT2D eigenvalue weighted by atomic mass is 10.3. The number of rotatable bonds is 2. The summed E-state index contributed by atoms with van der Waals surface area (Å²) in [5.41, 5.74) is 0. The first-order valence-corrected chi connectivity index (χ1v) is 4.22. The van der Waals surface area contributed by atoms with Crippen molar-refractivity contribution in [2.24, 2.45) is 0 Å². The molecule has 1 fully saturated rings. The van der Waals surface area contributed by atoms with Gasteiger partial charge in [-0.05, 0) is 13.8 Å². The molecular formula is C8H15NO3. The van der Waals surface area contributed by atoms with Crippen molar-refractivity contribution in [3.05, 3.63) is 0 Å². The van der Waals surface area contributed by atoms with Crippen LogP contribution in [-0.2, 0) is 14.3 Å². The molecule has 0 aromatic heterocycles. The maximum absolute atomic E-state index is 11.2. The molecule has 1 saturated heterocycles. The first kappa shape index (κ1) is 9.48. The number of ether oxygens (including phenoxy) is 2. The van der Waals surface area contributed by atoms with Crippen molar-refractivity contribution >= 4 is 5.97 Å². The summed E-state index contributed by atoms with van der Waals surface area (Å²) < 4.78 is 10.1. The van der Waals surface area contributed by atoms with Crippen LogP contribution < -0.4 is 5.32 Å². The summed E-state index contributed by atoms with van der Waals surface area (Å²) in [7, 11) is 0. The molecule has 70 valence electrons. The summed E-state index contributed by atoms with van der Waals surface area (Å²) in [6, 6.07) is -0.277. The number of hydrogen-bond donors (Lipinski definition) is 1. The van der Waals surface area contributed by atoms with Gasteiger partial charge in [-0.2, -0.15) is 0 Å². The van der Waals surface area contributed by atoms with E-state index in [1.807, 2.05) is 13.8 Å². The molecule has 0 aromatic carbocycles. The molecule has 0 amide bonds. The van der Waals surface area contributed by atoms with E-state index in [0.29, 0.717) is 13.2 Å². The van der Waals surface area contributed by atoms with Crippen molar-refractivity contribution in [1.82, 2.24) is 5.32 Å². The second-order valence-corrected chi connectivity index (χ2v) is 3.07. The molecule has 0 radical (unpaired) electrons. The summed E-state index contributed by atoms with van der Waals surface area (Å²) in [4.78, 5) is 11.2. The number of nitrogens with one attached hydrogen (secondary N) is 1. The number of morpholine rings is 1. The van der Waals surface area contributed by atoms with Crippen LogP contribution in [0.5, 0.6) is 0 Å². The summed E-state index contributed by atoms with van der Waals surface area (Å²) >= 11 is 0. The lowest BCUT2D eigenvalue weighted by molar-refractivity contribution is -0.153. The summed E-state index contributed by atoms with van der Waals surface area (Å²) in [6.07, 6.45) is -0.0544. The molecule has 0 aliphatic carbocycles. The third-order valence-electron chi connectivity index (χ3n) is 1.56. The van der Waals surface area contributed by atoms with Crippen LogP contribution >= 0.6 is 0 Å². The summed E-state index contributed by atoms with van der Waals surface area (Å²) in [6.45, 7) is 5.48. The molecule has 1 aliphatic heterocycles. The Hall–Kier alpha value is -0.610. The van der Waals surface area contributed by atoms with E-state index in [1.54, 1.807) is 0 Å². The zero-order chi connectivity index (χ0) is 8.97. The van der Waals surface area contributed by atoms with Crippen LogP contribution in [0.2, 0.25) is 0 Å². The molecule has 1 heterocycles. The molecule has 0 saturated carbocycles. The first-order valence-electron chi connectivity index (χ1n) is 4.22. The predicted octanol–water partition coefficient (Wildman–Crippen LogP) is -0.0736. The normalized spacial score (nSPS) is 24.1. The second kappa shape index (κ2) is 4.42. The van der Waals surface area contributed by atoms with Crippen LogP contribution in [0.3, 0.4) is 0 Å². The lowest BCUT2D eigenvalue weighted by Crippen LogP contribution is -2.47. The average molecular weight is 173 g/mol. The highest BCUT2D eigenvalue weighted by molar-refractivity contribution is 5.76. The number of esters is 1. The van der Waals surface area contributed by atoms with Gasteiger partial charge in [-0.15, -0.1) is 0 Å². The van der Waals surface area contributed by atoms with E-state index in [4.69, 9.17) is 9.47 Å². The Morgan fingerprint density at radius 2 is 2.42 bits per heavy atom. The number of carbonyl (C=O) groups excluding carboxylic acids is 1. The van der Waals surface area contributed by atoms with Gasteiger partial charge < -0.3 is 14.8 Å². The Balaban J connectivity index is 2.30. The van der Waals surface area contributed by atoms with Gasteiger partial charge in [-0.25, -0.2) is 0 Å². The van der Waals surface area contributed by atoms with E-state index in [-0.39, 0.29) is 18.1 Å². The molecule has 0 unspecified atom stereocenters. The largest absolute Gasteiger partial charge is 0.462 e. The molecule has 1 atom stereocenters. The van der Waals surface area contributed by atoms with Crippen molar-refractivity contribution in [3.8, 4) is 0 Å². The first-order chi connectivity index (χ1) is 5.70. The quantitative estimate of drug-likeness (QED) is 0.594. The Bertz CT molecular complexity index is 152. The van der Waals surface area contributed by atoms with Gasteiger partial charge in [-0.1, -0.05) is 0 Å². The maximum Gasteiger partial charge on any atom is 0.325 e. The average Bonchev–Trinajstić information content (AvgIpc) is 2.05. The molecular weight excluding hydrogens is 158 g/mol. The molecule has 0 spiro atoms. The van der Waals surface area contributed by atoms with Crippen molar-refractivity contribution in [1.29, 1.82) is 0 Å². The molecule has 12 heavy (non-hydrogen) atoms. The molecule has 1 aliphatic rings. The fraction of sp³-hybridized carbons (Fsp3) is 0.875. The Labute approximate surface area is 72.2 Å². The van der Waals surface area contributed by atoms with Crippen molar-refractivity contribution in [3.63, 3.8) is 0 Å². The van der Waals surface area contributed by atoms with Crippen LogP contribution in [0.4, 0.5) is 0 Å². The van der Waals surface area contributed by atoms with Gasteiger partial charge >= 0.3 is 5.97 Å². The van der Waals surface area contributed by atoms with E-state index < -0.39 is 0 Å². The molecule has 1 N–H and O–H groups in total. The fourth-order valence-electron chi connectivity index (χ4n) is 1.03. The van der Waals surface area contributed by atoms with Crippen LogP contribution in [0.25, 0.3) is 0 Å². The monoisotopic (exact) mass is 173 g/mol. The molecule has 4 nitrogen and oxygen atoms in total. The zero-order valence-corrected chi connectivity index (χ0v) is 7.50. The van der Waals surface area contributed by atoms with Gasteiger partial charge in [0.15, 0.2) is 0 Å². The van der Waals surface area contributed by atoms with Crippen LogP contribution in [0.1, 0.15) is 13.8 Å². The van der Waals surface area contributed by atoms with E-state index >= 15 is 0 Å². The topological polar surface area (TPSA) is 47.6 Å². The van der Waals surface area contributed by atoms with E-state index in [2.05, 4.69) is 5.32 Å². The smallest absolute Gasteiger partial charge is 0.325 e. The van der Waals surface area contributed by atoms with Gasteiger partial charge in [0.25, 0.3) is 0 Å². The molecule has 0 bridgehead atoms. The van der Waals surface area contributed by atoms with Crippen LogP contribution in [0, 0.1) is 0 Å². The Morgan fingerprint density at radius 3 is 2.92 bits per heavy atom. The van der Waals surface area contributed by atoms with Gasteiger partial charge in [0.05, 0.1) is 19.3 Å². The highest BCUT2D eigenvalue weighted by Gasteiger charge is 2.22. The minimum absolute atomic E-state index is 0.0544. The van der Waals surface area contributed by atoms with Crippen molar-refractivity contribution < 1.29 is 14.3 Å². The molecule has 4 heteroatoms. The van der Waals surface area contributed by atoms with E-state index in [9.17, 15) is 4.79 Å². The van der Waals surface area contributed by atoms with E-state index in [0.717, 1.165) is 6.54 Å². The second-order valence-electron chi connectivity index (χ2n) is 3.07. The van der Waals surface area contributed by atoms with Gasteiger partial charge in [0, 0.05) is 6.54 Å². The summed E-state index contributed by atoms with van der Waals surface area (Å²) in [5, 5.41) is 3.02. The Morgan fingerprint density at radius 1 is 1.67 bits per heavy atom. The highest BCUT2D eigenvalue weighted by atomic mass is 16.5. The fourth-order valence-corrected chi connectivity index (χ4v) is 1.03. The lowest BCUT2D eigenvalue weighted by Gasteiger charge is -2.22. The predicted molar refractivity (Wildman–Crippen MR) is 43.8 cm³/mol. The Kier molecular flexibility index (Phi) is 3.49. The zero-order valence-electron chi connectivity index (χ0n) is 7.50. The molecule has 1 rings (SSSR count). The summed E-state index contributed by atoms with van der Waals surface area (Å²) in [5.74, 6) is -0.218. The minimum Gasteiger partial charge on any atom is -0.462 e. The van der Waals surface area contributed by atoms with E-state index in [1.165, 1.54) is 0 Å². The standard InChI is InChI=1S/C8H15NO3/c1-6(2)12-8(10)7-5-11-4-3-9-7/h6-7,9H,3-5H2,1-2H3/t7-/m0/s1. The highest BCUT2D eigenvalue weighted by Crippen LogP contribution is 1.98. The maximum atomic E-state index is 11.2. The molecule has 0 aromatic rings. The third-order valence-corrected chi connectivity index (χ3v) is 1.56. The SMILES string of the molecule is CC(C)OC(=O)[C@@H]1COCCN1. The third kappa shape index (κ3) is 2.79. The number of hydrogen-bond acceptors (Lipinski definition) is 4.